The van der Waals surface area contributed by atoms with E-state index in [1.807, 2.05) is 0 Å². The highest BCUT2D eigenvalue weighted by Crippen LogP contribution is 2.44. The molecule has 2 aromatic rings. The average Bonchev–Trinajstić information content (AvgIpc) is 3.34. The Kier molecular flexibility index (Phi) is 5.56. The Hall–Kier alpha value is -1.77. The quantitative estimate of drug-likeness (QED) is 0.819. The van der Waals surface area contributed by atoms with Crippen molar-refractivity contribution in [2.75, 3.05) is 32.8 Å². The molecule has 1 fully saturated rings. The molecule has 0 bridgehead atoms. The molecule has 0 aromatic carbocycles. The van der Waals surface area contributed by atoms with Crippen molar-refractivity contribution in [3.63, 3.8) is 0 Å². The van der Waals surface area contributed by atoms with Crippen molar-refractivity contribution in [1.29, 1.82) is 0 Å². The molecule has 4 rings (SSSR count). The molecule has 146 valence electrons. The Labute approximate surface area is 163 Å². The number of hydrogen-bond donors (Lipinski definition) is 1. The van der Waals surface area contributed by atoms with Gasteiger partial charge in [-0.25, -0.2) is 0 Å². The normalized spacial score (nSPS) is 19.1. The zero-order valence-corrected chi connectivity index (χ0v) is 16.6. The summed E-state index contributed by atoms with van der Waals surface area (Å²) in [5, 5.41) is 10.7. The molecule has 2 aliphatic heterocycles. The SMILES string of the molecule is CCCN1CCC2(CC1)OCCc1sc(C(=O)NCCn3ccnn3)cc12. The fourth-order valence-corrected chi connectivity index (χ4v) is 5.27. The number of carbonyl (C=O) groups excluding carboxylic acids is 1. The molecule has 7 nitrogen and oxygen atoms in total. The highest BCUT2D eigenvalue weighted by atomic mass is 32.1. The smallest absolute Gasteiger partial charge is 0.261 e. The maximum absolute atomic E-state index is 12.6. The highest BCUT2D eigenvalue weighted by Gasteiger charge is 2.42. The van der Waals surface area contributed by atoms with Crippen molar-refractivity contribution in [1.82, 2.24) is 25.2 Å². The van der Waals surface area contributed by atoms with E-state index in [2.05, 4.69) is 33.5 Å². The van der Waals surface area contributed by atoms with Gasteiger partial charge in [0.25, 0.3) is 5.91 Å². The molecule has 4 heterocycles. The van der Waals surface area contributed by atoms with Crippen LogP contribution in [0.1, 0.15) is 46.3 Å². The molecular weight excluding hydrogens is 362 g/mol. The van der Waals surface area contributed by atoms with Crippen molar-refractivity contribution < 1.29 is 9.53 Å². The highest BCUT2D eigenvalue weighted by molar-refractivity contribution is 7.14. The maximum Gasteiger partial charge on any atom is 0.261 e. The lowest BCUT2D eigenvalue weighted by molar-refractivity contribution is -0.0969. The molecule has 1 saturated heterocycles. The molecule has 0 saturated carbocycles. The van der Waals surface area contributed by atoms with E-state index in [9.17, 15) is 4.79 Å². The zero-order chi connectivity index (χ0) is 18.7. The van der Waals surface area contributed by atoms with Crippen LogP contribution in [-0.2, 0) is 23.3 Å². The van der Waals surface area contributed by atoms with Gasteiger partial charge >= 0.3 is 0 Å². The van der Waals surface area contributed by atoms with Crippen LogP contribution in [0.3, 0.4) is 0 Å². The Balaban J connectivity index is 1.42. The molecule has 0 atom stereocenters. The van der Waals surface area contributed by atoms with E-state index in [1.165, 1.54) is 16.9 Å². The molecule has 0 radical (unpaired) electrons. The van der Waals surface area contributed by atoms with Gasteiger partial charge < -0.3 is 15.0 Å². The lowest BCUT2D eigenvalue weighted by atomic mass is 9.82. The number of fused-ring (bicyclic) bond motifs is 2. The number of likely N-dealkylation sites (tertiary alicyclic amines) is 1. The first-order valence-electron chi connectivity index (χ1n) is 9.82. The van der Waals surface area contributed by atoms with Crippen molar-refractivity contribution in [2.24, 2.45) is 0 Å². The molecule has 0 aliphatic carbocycles. The molecule has 1 spiro atoms. The lowest BCUT2D eigenvalue weighted by Gasteiger charge is -2.44. The maximum atomic E-state index is 12.6. The van der Waals surface area contributed by atoms with Crippen LogP contribution in [0.2, 0.25) is 0 Å². The lowest BCUT2D eigenvalue weighted by Crippen LogP contribution is -2.46. The summed E-state index contributed by atoms with van der Waals surface area (Å²) in [5.41, 5.74) is 1.07. The third-order valence-electron chi connectivity index (χ3n) is 5.53. The van der Waals surface area contributed by atoms with Crippen LogP contribution in [0.5, 0.6) is 0 Å². The number of nitrogens with one attached hydrogen (secondary N) is 1. The molecular formula is C19H27N5O2S. The summed E-state index contributed by atoms with van der Waals surface area (Å²) >= 11 is 1.63. The van der Waals surface area contributed by atoms with Crippen molar-refractivity contribution in [2.45, 2.75) is 44.8 Å². The number of thiophene rings is 1. The number of amides is 1. The first-order chi connectivity index (χ1) is 13.2. The predicted molar refractivity (Wildman–Crippen MR) is 104 cm³/mol. The zero-order valence-electron chi connectivity index (χ0n) is 15.8. The van der Waals surface area contributed by atoms with Crippen molar-refractivity contribution >= 4 is 17.2 Å². The number of hydrogen-bond acceptors (Lipinski definition) is 6. The molecule has 1 N–H and O–H groups in total. The molecule has 2 aliphatic rings. The van der Waals surface area contributed by atoms with Crippen LogP contribution in [-0.4, -0.2) is 58.6 Å². The van der Waals surface area contributed by atoms with Gasteiger partial charge in [0.05, 0.1) is 29.8 Å². The Morgan fingerprint density at radius 1 is 1.37 bits per heavy atom. The summed E-state index contributed by atoms with van der Waals surface area (Å²) in [4.78, 5) is 17.2. The number of piperidine rings is 1. The Bertz CT molecular complexity index is 765. The largest absolute Gasteiger partial charge is 0.370 e. The minimum absolute atomic E-state index is 0.00640. The summed E-state index contributed by atoms with van der Waals surface area (Å²) in [6.45, 7) is 7.45. The van der Waals surface area contributed by atoms with Crippen LogP contribution in [0.4, 0.5) is 0 Å². The van der Waals surface area contributed by atoms with E-state index in [0.717, 1.165) is 50.4 Å². The van der Waals surface area contributed by atoms with Gasteiger partial charge in [-0.3, -0.25) is 9.48 Å². The average molecular weight is 390 g/mol. The number of ether oxygens (including phenoxy) is 1. The first-order valence-corrected chi connectivity index (χ1v) is 10.6. The van der Waals surface area contributed by atoms with E-state index >= 15 is 0 Å². The summed E-state index contributed by atoms with van der Waals surface area (Å²) in [6, 6.07) is 2.08. The van der Waals surface area contributed by atoms with Crippen LogP contribution < -0.4 is 5.32 Å². The molecule has 8 heteroatoms. The molecule has 27 heavy (non-hydrogen) atoms. The number of aromatic nitrogens is 3. The second-order valence-corrected chi connectivity index (χ2v) is 8.44. The molecule has 1 amide bonds. The summed E-state index contributed by atoms with van der Waals surface area (Å²) in [6.07, 6.45) is 7.57. The van der Waals surface area contributed by atoms with E-state index in [4.69, 9.17) is 4.74 Å². The second-order valence-electron chi connectivity index (χ2n) is 7.30. The number of nitrogens with zero attached hydrogens (tertiary/aromatic N) is 4. The summed E-state index contributed by atoms with van der Waals surface area (Å²) < 4.78 is 8.03. The van der Waals surface area contributed by atoms with Crippen LogP contribution in [0, 0.1) is 0 Å². The van der Waals surface area contributed by atoms with E-state index in [-0.39, 0.29) is 11.5 Å². The molecule has 2 aromatic heterocycles. The van der Waals surface area contributed by atoms with Crippen molar-refractivity contribution in [3.05, 3.63) is 33.8 Å². The van der Waals surface area contributed by atoms with Gasteiger partial charge in [-0.15, -0.1) is 16.4 Å². The third kappa shape index (κ3) is 3.93. The van der Waals surface area contributed by atoms with Gasteiger partial charge in [-0.05, 0) is 37.4 Å². The minimum Gasteiger partial charge on any atom is -0.370 e. The van der Waals surface area contributed by atoms with Gasteiger partial charge in [-0.2, -0.15) is 0 Å². The monoisotopic (exact) mass is 389 g/mol. The van der Waals surface area contributed by atoms with Gasteiger partial charge in [0.1, 0.15) is 0 Å². The summed E-state index contributed by atoms with van der Waals surface area (Å²) in [5.74, 6) is -0.00640. The predicted octanol–water partition coefficient (Wildman–Crippen LogP) is 2.04. The first kappa shape index (κ1) is 18.6. The van der Waals surface area contributed by atoms with Gasteiger partial charge in [0.2, 0.25) is 0 Å². The van der Waals surface area contributed by atoms with Crippen molar-refractivity contribution in [3.8, 4) is 0 Å². The van der Waals surface area contributed by atoms with E-state index < -0.39 is 0 Å². The molecule has 0 unspecified atom stereocenters. The van der Waals surface area contributed by atoms with Crippen LogP contribution in [0.25, 0.3) is 0 Å². The number of carbonyl (C=O) groups is 1. The van der Waals surface area contributed by atoms with Gasteiger partial charge in [0, 0.05) is 37.1 Å². The Morgan fingerprint density at radius 2 is 2.22 bits per heavy atom. The van der Waals surface area contributed by atoms with Crippen LogP contribution in [0.15, 0.2) is 18.5 Å². The second kappa shape index (κ2) is 8.08. The third-order valence-corrected chi connectivity index (χ3v) is 6.73. The van der Waals surface area contributed by atoms with Gasteiger partial charge in [0.15, 0.2) is 0 Å². The van der Waals surface area contributed by atoms with Crippen LogP contribution >= 0.6 is 11.3 Å². The van der Waals surface area contributed by atoms with Gasteiger partial charge in [-0.1, -0.05) is 12.1 Å². The fraction of sp³-hybridized carbons (Fsp3) is 0.632. The van der Waals surface area contributed by atoms with E-state index in [0.29, 0.717) is 13.1 Å². The Morgan fingerprint density at radius 3 is 2.96 bits per heavy atom. The minimum atomic E-state index is -0.187. The number of rotatable bonds is 6. The fourth-order valence-electron chi connectivity index (χ4n) is 4.12. The van der Waals surface area contributed by atoms with E-state index in [1.54, 1.807) is 28.4 Å². The topological polar surface area (TPSA) is 72.3 Å². The standard InChI is InChI=1S/C19H27N5O2S/c1-2-8-23-9-4-19(5-10-23)15-14-17(27-16(15)3-13-26-19)18(25)20-6-11-24-12-7-21-22-24/h7,12,14H,2-6,8-11,13H2,1H3,(H,20,25). The summed E-state index contributed by atoms with van der Waals surface area (Å²) in [7, 11) is 0.